The van der Waals surface area contributed by atoms with E-state index in [2.05, 4.69) is 0 Å². The first kappa shape index (κ1) is 12.1. The third kappa shape index (κ3) is 2.18. The molecule has 0 radical (unpaired) electrons. The largest absolute Gasteiger partial charge is 0.433 e. The molecule has 0 amide bonds. The molecular formula is C11H16N2O4. The van der Waals surface area contributed by atoms with Crippen LogP contribution in [-0.2, 0) is 5.41 Å². The molecule has 1 aromatic heterocycles. The summed E-state index contributed by atoms with van der Waals surface area (Å²) in [6.45, 7) is 0.379. The van der Waals surface area contributed by atoms with Crippen molar-refractivity contribution in [1.82, 2.24) is 0 Å². The molecule has 1 fully saturated rings. The lowest BCUT2D eigenvalue weighted by atomic mass is 9.71. The van der Waals surface area contributed by atoms with Crippen molar-refractivity contribution in [2.75, 3.05) is 6.54 Å². The fourth-order valence-electron chi connectivity index (χ4n) is 2.42. The highest BCUT2D eigenvalue weighted by Gasteiger charge is 2.38. The van der Waals surface area contributed by atoms with Crippen LogP contribution in [0.4, 0.5) is 5.88 Å². The zero-order chi connectivity index (χ0) is 12.5. The first-order chi connectivity index (χ1) is 8.07. The smallest absolute Gasteiger partial charge is 0.405 e. The molecule has 0 bridgehead atoms. The zero-order valence-electron chi connectivity index (χ0n) is 9.46. The second kappa shape index (κ2) is 4.46. The Morgan fingerprint density at radius 3 is 2.65 bits per heavy atom. The monoisotopic (exact) mass is 240 g/mol. The molecule has 1 aromatic rings. The lowest BCUT2D eigenvalue weighted by Crippen LogP contribution is -2.39. The Kier molecular flexibility index (Phi) is 3.17. The average Bonchev–Trinajstić information content (AvgIpc) is 2.81. The highest BCUT2D eigenvalue weighted by Crippen LogP contribution is 2.40. The molecule has 0 saturated heterocycles. The highest BCUT2D eigenvalue weighted by molar-refractivity contribution is 5.25. The Morgan fingerprint density at radius 2 is 2.18 bits per heavy atom. The van der Waals surface area contributed by atoms with E-state index >= 15 is 0 Å². The van der Waals surface area contributed by atoms with Crippen LogP contribution in [0.5, 0.6) is 0 Å². The van der Waals surface area contributed by atoms with Gasteiger partial charge in [0.05, 0.1) is 12.2 Å². The Morgan fingerprint density at radius 1 is 1.53 bits per heavy atom. The summed E-state index contributed by atoms with van der Waals surface area (Å²) in [7, 11) is 0. The van der Waals surface area contributed by atoms with E-state index in [4.69, 9.17) is 10.2 Å². The molecule has 0 spiro atoms. The van der Waals surface area contributed by atoms with Gasteiger partial charge in [-0.3, -0.25) is 10.1 Å². The minimum Gasteiger partial charge on any atom is -0.405 e. The standard InChI is InChI=1S/C11H16N2O4/c12-7-11(5-3-8(14)4-6-11)9-1-2-10(17-9)13(15)16/h1-2,8,14H,3-7,12H2. The van der Waals surface area contributed by atoms with E-state index in [0.29, 0.717) is 38.0 Å². The number of nitro groups is 1. The molecular weight excluding hydrogens is 224 g/mol. The second-order valence-electron chi connectivity index (χ2n) is 4.61. The number of nitrogens with zero attached hydrogens (tertiary/aromatic N) is 1. The predicted molar refractivity (Wildman–Crippen MR) is 60.6 cm³/mol. The third-order valence-corrected chi connectivity index (χ3v) is 3.60. The lowest BCUT2D eigenvalue weighted by Gasteiger charge is -2.36. The summed E-state index contributed by atoms with van der Waals surface area (Å²) in [5.74, 6) is 0.317. The van der Waals surface area contributed by atoms with Gasteiger partial charge in [0.1, 0.15) is 10.7 Å². The second-order valence-corrected chi connectivity index (χ2v) is 4.61. The van der Waals surface area contributed by atoms with E-state index in [9.17, 15) is 15.2 Å². The Bertz CT molecular complexity index is 407. The van der Waals surface area contributed by atoms with Crippen LogP contribution in [-0.4, -0.2) is 22.7 Å². The molecule has 17 heavy (non-hydrogen) atoms. The van der Waals surface area contributed by atoms with Crippen molar-refractivity contribution in [2.45, 2.75) is 37.2 Å². The Balaban J connectivity index is 2.25. The van der Waals surface area contributed by atoms with Crippen LogP contribution < -0.4 is 5.73 Å². The van der Waals surface area contributed by atoms with Gasteiger partial charge in [-0.1, -0.05) is 0 Å². The van der Waals surface area contributed by atoms with Gasteiger partial charge >= 0.3 is 5.88 Å². The van der Waals surface area contributed by atoms with Crippen molar-refractivity contribution in [3.05, 3.63) is 28.0 Å². The van der Waals surface area contributed by atoms with Crippen LogP contribution in [0.3, 0.4) is 0 Å². The van der Waals surface area contributed by atoms with Crippen LogP contribution in [0.2, 0.25) is 0 Å². The fourth-order valence-corrected chi connectivity index (χ4v) is 2.42. The number of hydrogen-bond acceptors (Lipinski definition) is 5. The molecule has 1 aliphatic carbocycles. The maximum atomic E-state index is 10.6. The molecule has 0 unspecified atom stereocenters. The van der Waals surface area contributed by atoms with E-state index in [-0.39, 0.29) is 17.4 Å². The molecule has 1 heterocycles. The SMILES string of the molecule is NCC1(c2ccc([N+](=O)[O-])o2)CCC(O)CC1. The number of hydrogen-bond donors (Lipinski definition) is 2. The summed E-state index contributed by atoms with van der Waals surface area (Å²) < 4.78 is 5.25. The maximum Gasteiger partial charge on any atom is 0.433 e. The normalized spacial score (nSPS) is 29.2. The molecule has 3 N–H and O–H groups in total. The van der Waals surface area contributed by atoms with E-state index in [1.165, 1.54) is 6.07 Å². The van der Waals surface area contributed by atoms with Gasteiger partial charge in [0.15, 0.2) is 0 Å². The zero-order valence-corrected chi connectivity index (χ0v) is 9.46. The number of aliphatic hydroxyl groups is 1. The predicted octanol–water partition coefficient (Wildman–Crippen LogP) is 1.32. The summed E-state index contributed by atoms with van der Waals surface area (Å²) in [6, 6.07) is 2.99. The first-order valence-electron chi connectivity index (χ1n) is 5.70. The average molecular weight is 240 g/mol. The molecule has 0 atom stereocenters. The van der Waals surface area contributed by atoms with Crippen molar-refractivity contribution < 1.29 is 14.4 Å². The molecule has 94 valence electrons. The number of rotatable bonds is 3. The van der Waals surface area contributed by atoms with Gasteiger partial charge in [-0.05, 0) is 31.7 Å². The number of nitrogens with two attached hydrogens (primary N) is 1. The van der Waals surface area contributed by atoms with Gasteiger partial charge in [0.25, 0.3) is 0 Å². The number of aliphatic hydroxyl groups excluding tert-OH is 1. The van der Waals surface area contributed by atoms with Gasteiger partial charge in [-0.2, -0.15) is 0 Å². The summed E-state index contributed by atoms with van der Waals surface area (Å²) in [4.78, 5) is 10.0. The minimum atomic E-state index is -0.550. The number of furan rings is 1. The minimum absolute atomic E-state index is 0.251. The molecule has 0 aliphatic heterocycles. The van der Waals surface area contributed by atoms with E-state index in [1.807, 2.05) is 0 Å². The van der Waals surface area contributed by atoms with Gasteiger partial charge in [-0.25, -0.2) is 0 Å². The van der Waals surface area contributed by atoms with Gasteiger partial charge in [0, 0.05) is 12.0 Å². The van der Waals surface area contributed by atoms with Crippen molar-refractivity contribution in [1.29, 1.82) is 0 Å². The fraction of sp³-hybridized carbons (Fsp3) is 0.636. The molecule has 0 aromatic carbocycles. The molecule has 6 heteroatoms. The maximum absolute atomic E-state index is 10.6. The van der Waals surface area contributed by atoms with Gasteiger partial charge < -0.3 is 15.3 Å². The quantitative estimate of drug-likeness (QED) is 0.612. The van der Waals surface area contributed by atoms with Crippen LogP contribution in [0, 0.1) is 10.1 Å². The topological polar surface area (TPSA) is 103 Å². The lowest BCUT2D eigenvalue weighted by molar-refractivity contribution is -0.402. The highest BCUT2D eigenvalue weighted by atomic mass is 16.6. The third-order valence-electron chi connectivity index (χ3n) is 3.60. The van der Waals surface area contributed by atoms with Crippen LogP contribution in [0.15, 0.2) is 16.5 Å². The molecule has 6 nitrogen and oxygen atoms in total. The van der Waals surface area contributed by atoms with Gasteiger partial charge in [0.2, 0.25) is 0 Å². The molecule has 1 aliphatic rings. The van der Waals surface area contributed by atoms with E-state index < -0.39 is 4.92 Å². The summed E-state index contributed by atoms with van der Waals surface area (Å²) in [6.07, 6.45) is 2.43. The summed E-state index contributed by atoms with van der Waals surface area (Å²) in [5.41, 5.74) is 5.44. The van der Waals surface area contributed by atoms with E-state index in [1.54, 1.807) is 6.07 Å². The first-order valence-corrected chi connectivity index (χ1v) is 5.70. The van der Waals surface area contributed by atoms with Crippen LogP contribution >= 0.6 is 0 Å². The van der Waals surface area contributed by atoms with Crippen LogP contribution in [0.1, 0.15) is 31.4 Å². The van der Waals surface area contributed by atoms with E-state index in [0.717, 1.165) is 0 Å². The molecule has 2 rings (SSSR count). The summed E-state index contributed by atoms with van der Waals surface area (Å²) in [5, 5.41) is 20.1. The van der Waals surface area contributed by atoms with Crippen molar-refractivity contribution in [3.8, 4) is 0 Å². The van der Waals surface area contributed by atoms with Crippen molar-refractivity contribution in [3.63, 3.8) is 0 Å². The van der Waals surface area contributed by atoms with Crippen molar-refractivity contribution in [2.24, 2.45) is 5.73 Å². The van der Waals surface area contributed by atoms with Crippen molar-refractivity contribution >= 4 is 5.88 Å². The summed E-state index contributed by atoms with van der Waals surface area (Å²) >= 11 is 0. The van der Waals surface area contributed by atoms with Gasteiger partial charge in [-0.15, -0.1) is 0 Å². The molecule has 1 saturated carbocycles. The Labute approximate surface area is 98.6 Å². The Hall–Kier alpha value is -1.40. The van der Waals surface area contributed by atoms with Crippen LogP contribution in [0.25, 0.3) is 0 Å².